The summed E-state index contributed by atoms with van der Waals surface area (Å²) in [6.07, 6.45) is 5.16. The third-order valence-corrected chi connectivity index (χ3v) is 11.1. The van der Waals surface area contributed by atoms with Crippen molar-refractivity contribution in [2.75, 3.05) is 24.7 Å². The minimum absolute atomic E-state index is 0.163. The van der Waals surface area contributed by atoms with E-state index >= 15 is 0 Å². The quantitative estimate of drug-likeness (QED) is 0.758. The molecule has 0 atom stereocenters. The average molecular weight is 346 g/mol. The molecule has 0 heterocycles. The SMILES string of the molecule is CC[P+](CC)(NC)C1(C(=O)Nc2c(C)cc(C#N)cc2C)CCC1. The summed E-state index contributed by atoms with van der Waals surface area (Å²) >= 11 is 0. The molecule has 0 spiro atoms. The predicted octanol–water partition coefficient (Wildman–Crippen LogP) is 4.23. The van der Waals surface area contributed by atoms with Crippen LogP contribution in [0.15, 0.2) is 12.1 Å². The van der Waals surface area contributed by atoms with E-state index < -0.39 is 7.41 Å². The van der Waals surface area contributed by atoms with Crippen molar-refractivity contribution in [3.8, 4) is 6.07 Å². The third-order valence-electron chi connectivity index (χ3n) is 5.83. The molecule has 1 saturated carbocycles. The first-order chi connectivity index (χ1) is 11.4. The summed E-state index contributed by atoms with van der Waals surface area (Å²) in [7, 11) is 0.493. The topological polar surface area (TPSA) is 64.9 Å². The first kappa shape index (κ1) is 18.9. The Morgan fingerprint density at radius 3 is 2.12 bits per heavy atom. The number of carbonyl (C=O) groups excluding carboxylic acids is 1. The largest absolute Gasteiger partial charge is 0.322 e. The lowest BCUT2D eigenvalue weighted by molar-refractivity contribution is -0.120. The summed E-state index contributed by atoms with van der Waals surface area (Å²) in [6, 6.07) is 5.86. The van der Waals surface area contributed by atoms with Gasteiger partial charge in [-0.25, -0.2) is 0 Å². The van der Waals surface area contributed by atoms with E-state index in [1.54, 1.807) is 0 Å². The fraction of sp³-hybridized carbons (Fsp3) is 0.579. The predicted molar refractivity (Wildman–Crippen MR) is 103 cm³/mol. The highest BCUT2D eigenvalue weighted by atomic mass is 31.2. The van der Waals surface area contributed by atoms with Crippen LogP contribution in [0.4, 0.5) is 5.69 Å². The number of nitrogens with zero attached hydrogens (tertiary/aromatic N) is 1. The number of amides is 1. The molecule has 24 heavy (non-hydrogen) atoms. The molecule has 2 N–H and O–H groups in total. The molecule has 2 rings (SSSR count). The first-order valence-corrected chi connectivity index (χ1v) is 10.9. The van der Waals surface area contributed by atoms with Crippen LogP contribution in [0.3, 0.4) is 0 Å². The van der Waals surface area contributed by atoms with E-state index in [0.717, 1.165) is 48.4 Å². The first-order valence-electron chi connectivity index (χ1n) is 8.78. The van der Waals surface area contributed by atoms with Crippen LogP contribution in [-0.4, -0.2) is 30.4 Å². The lowest BCUT2D eigenvalue weighted by Gasteiger charge is -2.47. The molecule has 1 aliphatic rings. The average Bonchev–Trinajstić information content (AvgIpc) is 2.53. The highest BCUT2D eigenvalue weighted by Gasteiger charge is 2.64. The zero-order chi connectivity index (χ0) is 18.0. The fourth-order valence-electron chi connectivity index (χ4n) is 4.18. The van der Waals surface area contributed by atoms with E-state index in [-0.39, 0.29) is 11.1 Å². The molecule has 1 aliphatic carbocycles. The van der Waals surface area contributed by atoms with E-state index in [1.807, 2.05) is 33.0 Å². The van der Waals surface area contributed by atoms with Crippen LogP contribution >= 0.6 is 7.41 Å². The van der Waals surface area contributed by atoms with Gasteiger partial charge in [0.1, 0.15) is 0 Å². The highest BCUT2D eigenvalue weighted by Crippen LogP contribution is 2.71. The molecule has 1 aromatic rings. The van der Waals surface area contributed by atoms with Crippen molar-refractivity contribution in [2.45, 2.75) is 52.1 Å². The van der Waals surface area contributed by atoms with Crippen molar-refractivity contribution in [3.05, 3.63) is 28.8 Å². The van der Waals surface area contributed by atoms with Gasteiger partial charge in [-0.15, -0.1) is 0 Å². The summed E-state index contributed by atoms with van der Waals surface area (Å²) in [5, 5.41) is 15.7. The molecule has 0 saturated heterocycles. The van der Waals surface area contributed by atoms with Crippen LogP contribution in [0.2, 0.25) is 0 Å². The van der Waals surface area contributed by atoms with Gasteiger partial charge in [0, 0.05) is 12.7 Å². The van der Waals surface area contributed by atoms with E-state index in [4.69, 9.17) is 5.26 Å². The van der Waals surface area contributed by atoms with Gasteiger partial charge in [0.05, 0.1) is 31.4 Å². The van der Waals surface area contributed by atoms with Crippen molar-refractivity contribution in [1.29, 1.82) is 5.26 Å². The molecule has 1 amide bonds. The number of hydrogen-bond acceptors (Lipinski definition) is 3. The van der Waals surface area contributed by atoms with Crippen molar-refractivity contribution in [3.63, 3.8) is 0 Å². The molecular formula is C19H29N3OP+. The summed E-state index contributed by atoms with van der Waals surface area (Å²) in [4.78, 5) is 13.3. The van der Waals surface area contributed by atoms with Crippen LogP contribution in [0.1, 0.15) is 49.8 Å². The molecular weight excluding hydrogens is 317 g/mol. The van der Waals surface area contributed by atoms with Gasteiger partial charge in [0.2, 0.25) is 0 Å². The fourth-order valence-corrected chi connectivity index (χ4v) is 8.51. The Balaban J connectivity index is 2.37. The Morgan fingerprint density at radius 2 is 1.79 bits per heavy atom. The van der Waals surface area contributed by atoms with Gasteiger partial charge in [0.25, 0.3) is 5.91 Å². The van der Waals surface area contributed by atoms with E-state index in [9.17, 15) is 4.79 Å². The normalized spacial score (nSPS) is 16.2. The number of nitrogens with one attached hydrogen (secondary N) is 2. The molecule has 0 aliphatic heterocycles. The molecule has 0 radical (unpaired) electrons. The van der Waals surface area contributed by atoms with Gasteiger partial charge in [-0.3, -0.25) is 4.79 Å². The minimum atomic E-state index is -1.53. The summed E-state index contributed by atoms with van der Waals surface area (Å²) in [6.45, 7) is 8.33. The molecule has 130 valence electrons. The maximum atomic E-state index is 13.3. The number of hydrogen-bond donors (Lipinski definition) is 2. The van der Waals surface area contributed by atoms with Crippen molar-refractivity contribution < 1.29 is 4.79 Å². The molecule has 0 bridgehead atoms. The van der Waals surface area contributed by atoms with Crippen molar-refractivity contribution in [1.82, 2.24) is 5.09 Å². The lowest BCUT2D eigenvalue weighted by atomic mass is 9.83. The van der Waals surface area contributed by atoms with Crippen LogP contribution in [0.25, 0.3) is 0 Å². The van der Waals surface area contributed by atoms with Crippen molar-refractivity contribution in [2.24, 2.45) is 0 Å². The standard InChI is InChI=1S/C19H28N3OP/c1-6-24(7-2,21-5)19(9-8-10-19)18(23)22-17-14(3)11-16(13-20)12-15(17)4/h11-12,21H,6-10H2,1-5H3/p+1. The Morgan fingerprint density at radius 1 is 1.25 bits per heavy atom. The zero-order valence-electron chi connectivity index (χ0n) is 15.5. The number of anilines is 1. The van der Waals surface area contributed by atoms with Gasteiger partial charge in [0.15, 0.2) is 5.16 Å². The number of rotatable bonds is 6. The molecule has 4 nitrogen and oxygen atoms in total. The van der Waals surface area contributed by atoms with Crippen molar-refractivity contribution >= 4 is 19.0 Å². The second-order valence-corrected chi connectivity index (χ2v) is 11.3. The number of nitriles is 1. The second kappa shape index (κ2) is 7.21. The summed E-state index contributed by atoms with van der Waals surface area (Å²) < 4.78 is 0. The van der Waals surface area contributed by atoms with E-state index in [1.165, 1.54) is 0 Å². The molecule has 5 heteroatoms. The maximum absolute atomic E-state index is 13.3. The van der Waals surface area contributed by atoms with Gasteiger partial charge in [-0.2, -0.15) is 10.3 Å². The Kier molecular flexibility index (Phi) is 5.68. The lowest BCUT2D eigenvalue weighted by Crippen LogP contribution is -2.54. The van der Waals surface area contributed by atoms with Crippen LogP contribution in [0, 0.1) is 25.2 Å². The van der Waals surface area contributed by atoms with Gasteiger partial charge in [-0.1, -0.05) is 0 Å². The van der Waals surface area contributed by atoms with Gasteiger partial charge in [-0.05, 0) is 70.2 Å². The molecule has 0 aromatic heterocycles. The van der Waals surface area contributed by atoms with Crippen LogP contribution < -0.4 is 10.4 Å². The monoisotopic (exact) mass is 346 g/mol. The van der Waals surface area contributed by atoms with Gasteiger partial charge < -0.3 is 5.32 Å². The number of aryl methyl sites for hydroxylation is 2. The summed E-state index contributed by atoms with van der Waals surface area (Å²) in [5.74, 6) is 0.163. The highest BCUT2D eigenvalue weighted by molar-refractivity contribution is 7.76. The Labute approximate surface area is 146 Å². The van der Waals surface area contributed by atoms with Gasteiger partial charge >= 0.3 is 0 Å². The Bertz CT molecular complexity index is 638. The second-order valence-electron chi connectivity index (χ2n) is 6.76. The third kappa shape index (κ3) is 2.85. The summed E-state index contributed by atoms with van der Waals surface area (Å²) in [5.41, 5.74) is 3.42. The van der Waals surface area contributed by atoms with Crippen LogP contribution in [-0.2, 0) is 4.79 Å². The number of carbonyl (C=O) groups is 1. The van der Waals surface area contributed by atoms with E-state index in [0.29, 0.717) is 5.56 Å². The molecule has 0 unspecified atom stereocenters. The van der Waals surface area contributed by atoms with E-state index in [2.05, 4.69) is 30.3 Å². The maximum Gasteiger partial charge on any atom is 0.269 e. The zero-order valence-corrected chi connectivity index (χ0v) is 16.4. The number of benzene rings is 1. The Hall–Kier alpha value is -1.43. The van der Waals surface area contributed by atoms with Crippen LogP contribution in [0.5, 0.6) is 0 Å². The molecule has 1 aromatic carbocycles. The molecule has 1 fully saturated rings. The minimum Gasteiger partial charge on any atom is -0.322 e. The smallest absolute Gasteiger partial charge is 0.269 e.